The first-order chi connectivity index (χ1) is 13.3. The number of aryl methyl sites for hydroxylation is 1. The number of tetrazole rings is 1. The molecular weight excluding hydrogens is 340 g/mol. The molecule has 0 bridgehead atoms. The van der Waals surface area contributed by atoms with E-state index in [1.165, 1.54) is 5.56 Å². The van der Waals surface area contributed by atoms with Crippen molar-refractivity contribution < 1.29 is 4.79 Å². The first-order valence-electron chi connectivity index (χ1n) is 9.53. The Labute approximate surface area is 158 Å². The van der Waals surface area contributed by atoms with Crippen LogP contribution in [0.4, 0.5) is 0 Å². The zero-order valence-electron chi connectivity index (χ0n) is 15.4. The summed E-state index contributed by atoms with van der Waals surface area (Å²) in [5.74, 6) is 0.0542. The fourth-order valence-electron chi connectivity index (χ4n) is 3.60. The van der Waals surface area contributed by atoms with Crippen LogP contribution in [-0.2, 0) is 6.42 Å². The Morgan fingerprint density at radius 1 is 1.00 bits per heavy atom. The zero-order valence-corrected chi connectivity index (χ0v) is 15.4. The zero-order chi connectivity index (χ0) is 18.5. The lowest BCUT2D eigenvalue weighted by molar-refractivity contribution is 0.0761. The Morgan fingerprint density at radius 3 is 2.78 bits per heavy atom. The van der Waals surface area contributed by atoms with E-state index in [4.69, 9.17) is 0 Å². The van der Waals surface area contributed by atoms with Gasteiger partial charge in [-0.15, -0.1) is 5.10 Å². The molecule has 1 aliphatic heterocycles. The van der Waals surface area contributed by atoms with Crippen molar-refractivity contribution in [3.05, 3.63) is 59.8 Å². The van der Waals surface area contributed by atoms with Gasteiger partial charge < -0.3 is 9.80 Å². The lowest BCUT2D eigenvalue weighted by Gasteiger charge is -2.22. The highest BCUT2D eigenvalue weighted by atomic mass is 16.2. The van der Waals surface area contributed by atoms with Gasteiger partial charge in [-0.3, -0.25) is 4.79 Å². The summed E-state index contributed by atoms with van der Waals surface area (Å²) >= 11 is 0. The molecule has 7 heteroatoms. The summed E-state index contributed by atoms with van der Waals surface area (Å²) < 4.78 is 1.54. The smallest absolute Gasteiger partial charge is 0.255 e. The second kappa shape index (κ2) is 8.26. The molecule has 4 rings (SSSR count). The molecule has 7 nitrogen and oxygen atoms in total. The van der Waals surface area contributed by atoms with Gasteiger partial charge in [0.1, 0.15) is 0 Å². The van der Waals surface area contributed by atoms with Gasteiger partial charge in [0.2, 0.25) is 0 Å². The molecule has 0 spiro atoms. The molecule has 140 valence electrons. The number of aromatic nitrogens is 4. The predicted octanol–water partition coefficient (Wildman–Crippen LogP) is 1.91. The molecule has 1 amide bonds. The van der Waals surface area contributed by atoms with E-state index >= 15 is 0 Å². The van der Waals surface area contributed by atoms with Crippen LogP contribution < -0.4 is 0 Å². The van der Waals surface area contributed by atoms with Gasteiger partial charge >= 0.3 is 0 Å². The molecule has 0 saturated carbocycles. The van der Waals surface area contributed by atoms with Crippen molar-refractivity contribution in [2.75, 3.05) is 32.7 Å². The quantitative estimate of drug-likeness (QED) is 0.692. The van der Waals surface area contributed by atoms with Gasteiger partial charge in [0, 0.05) is 25.8 Å². The van der Waals surface area contributed by atoms with Crippen LogP contribution in [0.15, 0.2) is 48.7 Å². The second-order valence-corrected chi connectivity index (χ2v) is 6.98. The van der Waals surface area contributed by atoms with Gasteiger partial charge in [-0.05, 0) is 60.5 Å². The van der Waals surface area contributed by atoms with Crippen LogP contribution in [0.2, 0.25) is 0 Å². The number of pyridine rings is 1. The van der Waals surface area contributed by atoms with Crippen LogP contribution >= 0.6 is 0 Å². The largest absolute Gasteiger partial charge is 0.337 e. The molecule has 0 aliphatic carbocycles. The molecule has 2 aromatic heterocycles. The number of hydrogen-bond donors (Lipinski definition) is 0. The normalized spacial score (nSPS) is 15.8. The van der Waals surface area contributed by atoms with Gasteiger partial charge in [-0.25, -0.2) is 0 Å². The Kier molecular flexibility index (Phi) is 5.39. The number of nitrogens with zero attached hydrogens (tertiary/aromatic N) is 6. The minimum atomic E-state index is 0.0542. The summed E-state index contributed by atoms with van der Waals surface area (Å²) in [6.07, 6.45) is 4.96. The van der Waals surface area contributed by atoms with Crippen molar-refractivity contribution in [2.24, 2.45) is 0 Å². The SMILES string of the molecule is O=C(c1ccc2nnnn2c1)N1CCCN(CCCc2ccccc2)CC1. The van der Waals surface area contributed by atoms with E-state index in [2.05, 4.69) is 50.8 Å². The number of rotatable bonds is 5. The van der Waals surface area contributed by atoms with E-state index in [0.717, 1.165) is 52.0 Å². The van der Waals surface area contributed by atoms with Crippen molar-refractivity contribution in [1.82, 2.24) is 29.8 Å². The Hall–Kier alpha value is -2.80. The van der Waals surface area contributed by atoms with Crippen LogP contribution in [0.25, 0.3) is 5.65 Å². The Bertz CT molecular complexity index is 894. The summed E-state index contributed by atoms with van der Waals surface area (Å²) in [6, 6.07) is 14.2. The molecule has 3 heterocycles. The molecular formula is C20H24N6O. The molecule has 0 radical (unpaired) electrons. The van der Waals surface area contributed by atoms with Crippen molar-refractivity contribution in [3.8, 4) is 0 Å². The molecule has 3 aromatic rings. The molecule has 0 N–H and O–H groups in total. The molecule has 1 fully saturated rings. The van der Waals surface area contributed by atoms with E-state index in [-0.39, 0.29) is 5.91 Å². The maximum Gasteiger partial charge on any atom is 0.255 e. The van der Waals surface area contributed by atoms with Crippen LogP contribution in [-0.4, -0.2) is 68.5 Å². The molecule has 1 saturated heterocycles. The third kappa shape index (κ3) is 4.31. The highest BCUT2D eigenvalue weighted by Gasteiger charge is 2.20. The fraction of sp³-hybridized carbons (Fsp3) is 0.400. The number of carbonyl (C=O) groups excluding carboxylic acids is 1. The Morgan fingerprint density at radius 2 is 1.89 bits per heavy atom. The molecule has 0 atom stereocenters. The van der Waals surface area contributed by atoms with Crippen molar-refractivity contribution in [1.29, 1.82) is 0 Å². The maximum absolute atomic E-state index is 12.8. The average Bonchev–Trinajstić information content (AvgIpc) is 3.05. The van der Waals surface area contributed by atoms with Crippen LogP contribution in [0, 0.1) is 0 Å². The summed E-state index contributed by atoms with van der Waals surface area (Å²) in [4.78, 5) is 17.3. The minimum absolute atomic E-state index is 0.0542. The number of carbonyl (C=O) groups is 1. The van der Waals surface area contributed by atoms with Gasteiger partial charge in [0.05, 0.1) is 5.56 Å². The standard InChI is InChI=1S/C20H24N6O/c27-20(18-9-10-19-21-22-23-26(19)16-18)25-13-5-12-24(14-15-25)11-4-8-17-6-2-1-3-7-17/h1-3,6-7,9-10,16H,4-5,8,11-15H2. The summed E-state index contributed by atoms with van der Waals surface area (Å²) in [7, 11) is 0. The lowest BCUT2D eigenvalue weighted by Crippen LogP contribution is -2.35. The Balaban J connectivity index is 1.30. The van der Waals surface area contributed by atoms with Crippen LogP contribution in [0.5, 0.6) is 0 Å². The minimum Gasteiger partial charge on any atom is -0.337 e. The number of benzene rings is 1. The van der Waals surface area contributed by atoms with Gasteiger partial charge in [0.15, 0.2) is 5.65 Å². The average molecular weight is 364 g/mol. The van der Waals surface area contributed by atoms with Gasteiger partial charge in [-0.2, -0.15) is 4.52 Å². The van der Waals surface area contributed by atoms with E-state index in [0.29, 0.717) is 11.2 Å². The highest BCUT2D eigenvalue weighted by Crippen LogP contribution is 2.11. The highest BCUT2D eigenvalue weighted by molar-refractivity contribution is 5.94. The van der Waals surface area contributed by atoms with Crippen molar-refractivity contribution in [3.63, 3.8) is 0 Å². The second-order valence-electron chi connectivity index (χ2n) is 6.98. The molecule has 1 aromatic carbocycles. The third-order valence-electron chi connectivity index (χ3n) is 5.10. The molecule has 1 aliphatic rings. The number of hydrogen-bond acceptors (Lipinski definition) is 5. The number of amides is 1. The maximum atomic E-state index is 12.8. The summed E-state index contributed by atoms with van der Waals surface area (Å²) in [6.45, 7) is 4.60. The predicted molar refractivity (Wildman–Crippen MR) is 103 cm³/mol. The van der Waals surface area contributed by atoms with Crippen molar-refractivity contribution >= 4 is 11.6 Å². The van der Waals surface area contributed by atoms with E-state index < -0.39 is 0 Å². The first-order valence-corrected chi connectivity index (χ1v) is 9.53. The fourth-order valence-corrected chi connectivity index (χ4v) is 3.60. The number of fused-ring (bicyclic) bond motifs is 1. The van der Waals surface area contributed by atoms with Crippen LogP contribution in [0.3, 0.4) is 0 Å². The van der Waals surface area contributed by atoms with E-state index in [1.54, 1.807) is 22.8 Å². The lowest BCUT2D eigenvalue weighted by atomic mass is 10.1. The third-order valence-corrected chi connectivity index (χ3v) is 5.10. The van der Waals surface area contributed by atoms with Crippen LogP contribution in [0.1, 0.15) is 28.8 Å². The summed E-state index contributed by atoms with van der Waals surface area (Å²) in [5, 5.41) is 11.4. The van der Waals surface area contributed by atoms with Crippen molar-refractivity contribution in [2.45, 2.75) is 19.3 Å². The first kappa shape index (κ1) is 17.6. The van der Waals surface area contributed by atoms with E-state index in [1.807, 2.05) is 4.90 Å². The molecule has 27 heavy (non-hydrogen) atoms. The van der Waals surface area contributed by atoms with Gasteiger partial charge in [-0.1, -0.05) is 30.3 Å². The van der Waals surface area contributed by atoms with E-state index in [9.17, 15) is 4.79 Å². The summed E-state index contributed by atoms with van der Waals surface area (Å²) in [5.41, 5.74) is 2.67. The van der Waals surface area contributed by atoms with Gasteiger partial charge in [0.25, 0.3) is 5.91 Å². The topological polar surface area (TPSA) is 66.6 Å². The monoisotopic (exact) mass is 364 g/mol. The molecule has 0 unspecified atom stereocenters.